The molecule has 2 aromatic rings. The second-order valence-corrected chi connectivity index (χ2v) is 4.17. The van der Waals surface area contributed by atoms with Gasteiger partial charge in [-0.2, -0.15) is 0 Å². The van der Waals surface area contributed by atoms with Gasteiger partial charge in [0.2, 0.25) is 5.91 Å². The number of nitrogens with zero attached hydrogens (tertiary/aromatic N) is 1. The van der Waals surface area contributed by atoms with Crippen LogP contribution in [0.15, 0.2) is 48.5 Å². The van der Waals surface area contributed by atoms with Gasteiger partial charge < -0.3 is 10.4 Å². The summed E-state index contributed by atoms with van der Waals surface area (Å²) in [5.74, 6) is -0.638. The standard InChI is InChI=1S/C14H12N2O4/c17-13-9-11(16(19)20)6-7-12(13)15-14(18)8-10-4-2-1-3-5-10/h1-7,9,17H,8H2,(H,15,18). The Bertz CT molecular complexity index is 641. The predicted octanol–water partition coefficient (Wildman–Crippen LogP) is 2.48. The molecular formula is C14H12N2O4. The summed E-state index contributed by atoms with van der Waals surface area (Å²) in [6, 6.07) is 12.7. The van der Waals surface area contributed by atoms with Crippen LogP contribution in [0.4, 0.5) is 11.4 Å². The first-order valence-corrected chi connectivity index (χ1v) is 5.87. The van der Waals surface area contributed by atoms with Crippen molar-refractivity contribution in [2.24, 2.45) is 0 Å². The minimum Gasteiger partial charge on any atom is -0.506 e. The first-order valence-electron chi connectivity index (χ1n) is 5.87. The molecule has 0 unspecified atom stereocenters. The Morgan fingerprint density at radius 2 is 1.90 bits per heavy atom. The molecule has 0 bridgehead atoms. The van der Waals surface area contributed by atoms with Crippen LogP contribution in [0, 0.1) is 10.1 Å². The molecule has 6 heteroatoms. The van der Waals surface area contributed by atoms with E-state index in [1.807, 2.05) is 30.3 Å². The largest absolute Gasteiger partial charge is 0.506 e. The van der Waals surface area contributed by atoms with E-state index in [4.69, 9.17) is 0 Å². The van der Waals surface area contributed by atoms with Gasteiger partial charge in [-0.15, -0.1) is 0 Å². The third kappa shape index (κ3) is 3.32. The number of hydrogen-bond acceptors (Lipinski definition) is 4. The summed E-state index contributed by atoms with van der Waals surface area (Å²) in [6.45, 7) is 0. The topological polar surface area (TPSA) is 92.5 Å². The Hall–Kier alpha value is -2.89. The van der Waals surface area contributed by atoms with Crippen molar-refractivity contribution in [2.45, 2.75) is 6.42 Å². The number of anilines is 1. The second kappa shape index (κ2) is 5.83. The third-order valence-electron chi connectivity index (χ3n) is 2.67. The van der Waals surface area contributed by atoms with Crippen molar-refractivity contribution < 1.29 is 14.8 Å². The van der Waals surface area contributed by atoms with E-state index in [0.29, 0.717) is 0 Å². The molecule has 0 atom stereocenters. The van der Waals surface area contributed by atoms with Gasteiger partial charge in [0.1, 0.15) is 5.75 Å². The molecular weight excluding hydrogens is 260 g/mol. The van der Waals surface area contributed by atoms with Crippen molar-refractivity contribution in [3.63, 3.8) is 0 Å². The van der Waals surface area contributed by atoms with Crippen molar-refractivity contribution >= 4 is 17.3 Å². The number of nitro benzene ring substituents is 1. The summed E-state index contributed by atoms with van der Waals surface area (Å²) in [5, 5.41) is 22.7. The maximum absolute atomic E-state index is 11.8. The molecule has 0 aliphatic rings. The molecule has 0 aromatic heterocycles. The molecule has 0 aliphatic carbocycles. The molecule has 0 spiro atoms. The Balaban J connectivity index is 2.06. The number of nitrogens with one attached hydrogen (secondary N) is 1. The van der Waals surface area contributed by atoms with Crippen molar-refractivity contribution in [1.29, 1.82) is 0 Å². The predicted molar refractivity (Wildman–Crippen MR) is 73.5 cm³/mol. The van der Waals surface area contributed by atoms with Gasteiger partial charge in [-0.1, -0.05) is 30.3 Å². The Kier molecular flexibility index (Phi) is 3.95. The van der Waals surface area contributed by atoms with Crippen LogP contribution < -0.4 is 5.32 Å². The highest BCUT2D eigenvalue weighted by molar-refractivity contribution is 5.93. The lowest BCUT2D eigenvalue weighted by molar-refractivity contribution is -0.384. The summed E-state index contributed by atoms with van der Waals surface area (Å²) in [4.78, 5) is 21.7. The van der Waals surface area contributed by atoms with Crippen molar-refractivity contribution in [1.82, 2.24) is 0 Å². The number of rotatable bonds is 4. The summed E-state index contributed by atoms with van der Waals surface area (Å²) in [7, 11) is 0. The molecule has 20 heavy (non-hydrogen) atoms. The zero-order valence-electron chi connectivity index (χ0n) is 10.4. The average Bonchev–Trinajstić information content (AvgIpc) is 2.42. The first-order chi connectivity index (χ1) is 9.56. The maximum Gasteiger partial charge on any atom is 0.273 e. The molecule has 0 radical (unpaired) electrons. The van der Waals surface area contributed by atoms with Crippen molar-refractivity contribution in [3.8, 4) is 5.75 Å². The molecule has 6 nitrogen and oxygen atoms in total. The quantitative estimate of drug-likeness (QED) is 0.508. The molecule has 2 aromatic carbocycles. The smallest absolute Gasteiger partial charge is 0.273 e. The van der Waals surface area contributed by atoms with Crippen molar-refractivity contribution in [2.75, 3.05) is 5.32 Å². The molecule has 0 fully saturated rings. The SMILES string of the molecule is O=C(Cc1ccccc1)Nc1ccc([N+](=O)[O-])cc1O. The van der Waals surface area contributed by atoms with Gasteiger partial charge in [-0.25, -0.2) is 0 Å². The van der Waals surface area contributed by atoms with Gasteiger partial charge in [0.05, 0.1) is 23.1 Å². The molecule has 102 valence electrons. The molecule has 1 amide bonds. The fourth-order valence-corrected chi connectivity index (χ4v) is 1.71. The molecule has 2 rings (SSSR count). The average molecular weight is 272 g/mol. The van der Waals surface area contributed by atoms with Gasteiger partial charge >= 0.3 is 0 Å². The van der Waals surface area contributed by atoms with Crippen LogP contribution in [0.2, 0.25) is 0 Å². The normalized spacial score (nSPS) is 10.0. The summed E-state index contributed by atoms with van der Waals surface area (Å²) >= 11 is 0. The number of phenols is 1. The van der Waals surface area contributed by atoms with Crippen LogP contribution >= 0.6 is 0 Å². The first kappa shape index (κ1) is 13.5. The minimum atomic E-state index is -0.616. The molecule has 2 N–H and O–H groups in total. The van der Waals surface area contributed by atoms with Gasteiger partial charge in [-0.05, 0) is 11.6 Å². The fourth-order valence-electron chi connectivity index (χ4n) is 1.71. The number of carbonyl (C=O) groups is 1. The highest BCUT2D eigenvalue weighted by Crippen LogP contribution is 2.27. The number of hydrogen-bond donors (Lipinski definition) is 2. The van der Waals surface area contributed by atoms with Gasteiger partial charge in [0.15, 0.2) is 0 Å². The molecule has 0 saturated carbocycles. The van der Waals surface area contributed by atoms with Crippen LogP contribution in [-0.2, 0) is 11.2 Å². The third-order valence-corrected chi connectivity index (χ3v) is 2.67. The lowest BCUT2D eigenvalue weighted by atomic mass is 10.1. The highest BCUT2D eigenvalue weighted by Gasteiger charge is 2.12. The van der Waals surface area contributed by atoms with Gasteiger partial charge in [0.25, 0.3) is 5.69 Å². The maximum atomic E-state index is 11.8. The molecule has 0 aliphatic heterocycles. The van der Waals surface area contributed by atoms with Crippen molar-refractivity contribution in [3.05, 3.63) is 64.2 Å². The number of non-ortho nitro benzene ring substituents is 1. The number of nitro groups is 1. The van der Waals surface area contributed by atoms with E-state index in [0.717, 1.165) is 11.6 Å². The fraction of sp³-hybridized carbons (Fsp3) is 0.0714. The van der Waals surface area contributed by atoms with Gasteiger partial charge in [-0.3, -0.25) is 14.9 Å². The zero-order chi connectivity index (χ0) is 14.5. The number of benzene rings is 2. The number of amides is 1. The summed E-state index contributed by atoms with van der Waals surface area (Å²) < 4.78 is 0. The lowest BCUT2D eigenvalue weighted by Crippen LogP contribution is -2.14. The van der Waals surface area contributed by atoms with E-state index >= 15 is 0 Å². The summed E-state index contributed by atoms with van der Waals surface area (Å²) in [6.07, 6.45) is 0.164. The van der Waals surface area contributed by atoms with E-state index in [2.05, 4.69) is 5.32 Å². The Morgan fingerprint density at radius 3 is 2.50 bits per heavy atom. The van der Waals surface area contributed by atoms with E-state index in [1.54, 1.807) is 0 Å². The van der Waals surface area contributed by atoms with E-state index in [-0.39, 0.29) is 29.5 Å². The molecule has 0 saturated heterocycles. The summed E-state index contributed by atoms with van der Waals surface area (Å²) in [5.41, 5.74) is 0.756. The Morgan fingerprint density at radius 1 is 1.20 bits per heavy atom. The van der Waals surface area contributed by atoms with Crippen LogP contribution in [0.25, 0.3) is 0 Å². The number of carbonyl (C=O) groups excluding carboxylic acids is 1. The second-order valence-electron chi connectivity index (χ2n) is 4.17. The molecule has 0 heterocycles. The number of phenolic OH excluding ortho intramolecular Hbond substituents is 1. The van der Waals surface area contributed by atoms with Crippen LogP contribution in [0.1, 0.15) is 5.56 Å². The number of aromatic hydroxyl groups is 1. The van der Waals surface area contributed by atoms with Crippen LogP contribution in [-0.4, -0.2) is 15.9 Å². The minimum absolute atomic E-state index is 0.150. The monoisotopic (exact) mass is 272 g/mol. The lowest BCUT2D eigenvalue weighted by Gasteiger charge is -2.07. The van der Waals surface area contributed by atoms with Crippen LogP contribution in [0.3, 0.4) is 0 Å². The van der Waals surface area contributed by atoms with Gasteiger partial charge in [0, 0.05) is 6.07 Å². The zero-order valence-corrected chi connectivity index (χ0v) is 10.4. The van der Waals surface area contributed by atoms with Crippen LogP contribution in [0.5, 0.6) is 5.75 Å². The Labute approximate surface area is 114 Å². The highest BCUT2D eigenvalue weighted by atomic mass is 16.6. The van der Waals surface area contributed by atoms with E-state index in [1.165, 1.54) is 12.1 Å². The van der Waals surface area contributed by atoms with E-state index < -0.39 is 4.92 Å². The van der Waals surface area contributed by atoms with E-state index in [9.17, 15) is 20.0 Å².